The third-order valence-electron chi connectivity index (χ3n) is 3.68. The molecule has 0 unspecified atom stereocenters. The Morgan fingerprint density at radius 1 is 1.08 bits per heavy atom. The van der Waals surface area contributed by atoms with Gasteiger partial charge in [0.15, 0.2) is 0 Å². The Hall–Kier alpha value is -3.13. The van der Waals surface area contributed by atoms with Crippen LogP contribution in [0.4, 0.5) is 0 Å². The van der Waals surface area contributed by atoms with Crippen molar-refractivity contribution in [2.75, 3.05) is 0 Å². The maximum absolute atomic E-state index is 12.1. The molecule has 1 atom stereocenters. The number of hydrogen-bond acceptors (Lipinski definition) is 3. The van der Waals surface area contributed by atoms with E-state index in [1.54, 1.807) is 0 Å². The van der Waals surface area contributed by atoms with Gasteiger partial charge in [-0.25, -0.2) is 4.79 Å². The quantitative estimate of drug-likeness (QED) is 0.820. The average Bonchev–Trinajstić information content (AvgIpc) is 2.61. The second kappa shape index (κ2) is 8.49. The Morgan fingerprint density at radius 2 is 1.75 bits per heavy atom. The molecule has 5 heteroatoms. The zero-order chi connectivity index (χ0) is 17.4. The third kappa shape index (κ3) is 4.96. The number of aryl methyl sites for hydroxylation is 1. The largest absolute Gasteiger partial charge is 0.480 e. The molecule has 0 aliphatic carbocycles. The summed E-state index contributed by atoms with van der Waals surface area (Å²) < 4.78 is 0. The highest BCUT2D eigenvalue weighted by Gasteiger charge is 2.20. The number of benzene rings is 2. The van der Waals surface area contributed by atoms with Crippen LogP contribution in [0.3, 0.4) is 0 Å². The van der Waals surface area contributed by atoms with Crippen molar-refractivity contribution in [2.24, 2.45) is 0 Å². The van der Waals surface area contributed by atoms with Gasteiger partial charge in [-0.3, -0.25) is 4.79 Å². The minimum Gasteiger partial charge on any atom is -0.480 e. The first-order valence-corrected chi connectivity index (χ1v) is 7.68. The van der Waals surface area contributed by atoms with E-state index in [1.807, 2.05) is 36.4 Å². The lowest BCUT2D eigenvalue weighted by atomic mass is 10.0. The van der Waals surface area contributed by atoms with Gasteiger partial charge in [0.25, 0.3) is 5.91 Å². The van der Waals surface area contributed by atoms with Crippen molar-refractivity contribution < 1.29 is 14.7 Å². The van der Waals surface area contributed by atoms with Crippen LogP contribution < -0.4 is 5.32 Å². The summed E-state index contributed by atoms with van der Waals surface area (Å²) in [5.74, 6) is -1.50. The molecular formula is C19H18N2O3. The predicted octanol–water partition coefficient (Wildman–Crippen LogP) is 2.76. The number of carbonyl (C=O) groups excluding carboxylic acids is 1. The van der Waals surface area contributed by atoms with Crippen LogP contribution in [-0.4, -0.2) is 23.0 Å². The molecule has 0 heterocycles. The zero-order valence-corrected chi connectivity index (χ0v) is 13.1. The highest BCUT2D eigenvalue weighted by Crippen LogP contribution is 2.09. The maximum atomic E-state index is 12.1. The number of carboxylic acid groups (broad SMARTS) is 1. The number of rotatable bonds is 7. The van der Waals surface area contributed by atoms with E-state index in [4.69, 9.17) is 5.26 Å². The first-order chi connectivity index (χ1) is 11.6. The molecule has 0 fully saturated rings. The van der Waals surface area contributed by atoms with Crippen LogP contribution in [-0.2, 0) is 11.2 Å². The lowest BCUT2D eigenvalue weighted by Gasteiger charge is -2.14. The van der Waals surface area contributed by atoms with Gasteiger partial charge in [-0.05, 0) is 49.1 Å². The summed E-state index contributed by atoms with van der Waals surface area (Å²) in [5.41, 5.74) is 1.92. The minimum absolute atomic E-state index is 0.336. The van der Waals surface area contributed by atoms with Gasteiger partial charge in [0.2, 0.25) is 0 Å². The molecule has 2 aromatic rings. The summed E-state index contributed by atoms with van der Waals surface area (Å²) in [4.78, 5) is 23.5. The van der Waals surface area contributed by atoms with E-state index in [9.17, 15) is 14.7 Å². The van der Waals surface area contributed by atoms with E-state index >= 15 is 0 Å². The molecule has 122 valence electrons. The van der Waals surface area contributed by atoms with Crippen molar-refractivity contribution in [1.29, 1.82) is 5.26 Å². The number of aliphatic carboxylic acids is 1. The fourth-order valence-electron chi connectivity index (χ4n) is 2.35. The molecule has 0 bridgehead atoms. The van der Waals surface area contributed by atoms with Crippen LogP contribution in [0.25, 0.3) is 0 Å². The van der Waals surface area contributed by atoms with Crippen molar-refractivity contribution in [3.05, 3.63) is 71.3 Å². The topological polar surface area (TPSA) is 90.2 Å². The van der Waals surface area contributed by atoms with E-state index in [1.165, 1.54) is 24.3 Å². The number of amides is 1. The Balaban J connectivity index is 1.91. The van der Waals surface area contributed by atoms with E-state index < -0.39 is 17.9 Å². The lowest BCUT2D eigenvalue weighted by molar-refractivity contribution is -0.139. The van der Waals surface area contributed by atoms with Gasteiger partial charge in [-0.2, -0.15) is 5.26 Å². The van der Waals surface area contributed by atoms with Crippen molar-refractivity contribution in [2.45, 2.75) is 25.3 Å². The lowest BCUT2D eigenvalue weighted by Crippen LogP contribution is -2.40. The number of nitriles is 1. The second-order valence-corrected chi connectivity index (χ2v) is 5.43. The monoisotopic (exact) mass is 322 g/mol. The smallest absolute Gasteiger partial charge is 0.326 e. The summed E-state index contributed by atoms with van der Waals surface area (Å²) >= 11 is 0. The number of nitrogens with one attached hydrogen (secondary N) is 1. The van der Waals surface area contributed by atoms with Crippen molar-refractivity contribution in [1.82, 2.24) is 5.32 Å². The highest BCUT2D eigenvalue weighted by atomic mass is 16.4. The van der Waals surface area contributed by atoms with Crippen molar-refractivity contribution in [3.63, 3.8) is 0 Å². The van der Waals surface area contributed by atoms with E-state index in [-0.39, 0.29) is 0 Å². The van der Waals surface area contributed by atoms with E-state index in [0.717, 1.165) is 12.0 Å². The minimum atomic E-state index is -1.05. The first kappa shape index (κ1) is 17.2. The van der Waals surface area contributed by atoms with E-state index in [2.05, 4.69) is 5.32 Å². The maximum Gasteiger partial charge on any atom is 0.326 e. The summed E-state index contributed by atoms with van der Waals surface area (Å²) in [6.45, 7) is 0. The van der Waals surface area contributed by atoms with Crippen LogP contribution >= 0.6 is 0 Å². The van der Waals surface area contributed by atoms with Gasteiger partial charge in [-0.15, -0.1) is 0 Å². The normalized spacial score (nSPS) is 11.3. The van der Waals surface area contributed by atoms with Crippen LogP contribution in [0.1, 0.15) is 34.3 Å². The second-order valence-electron chi connectivity index (χ2n) is 5.43. The van der Waals surface area contributed by atoms with Gasteiger partial charge in [0.05, 0.1) is 11.6 Å². The van der Waals surface area contributed by atoms with Gasteiger partial charge in [0, 0.05) is 5.56 Å². The van der Waals surface area contributed by atoms with Crippen LogP contribution in [0.2, 0.25) is 0 Å². The van der Waals surface area contributed by atoms with E-state index in [0.29, 0.717) is 24.0 Å². The molecule has 24 heavy (non-hydrogen) atoms. The Kier molecular flexibility index (Phi) is 6.09. The van der Waals surface area contributed by atoms with Crippen LogP contribution in [0.15, 0.2) is 54.6 Å². The molecule has 2 rings (SSSR count). The molecule has 0 aliphatic rings. The molecule has 0 aromatic heterocycles. The molecule has 0 radical (unpaired) electrons. The number of carboxylic acids is 1. The number of nitrogens with zero attached hydrogens (tertiary/aromatic N) is 1. The third-order valence-corrected chi connectivity index (χ3v) is 3.68. The Morgan fingerprint density at radius 3 is 2.33 bits per heavy atom. The fraction of sp³-hybridized carbons (Fsp3) is 0.211. The number of hydrogen-bond donors (Lipinski definition) is 2. The highest BCUT2D eigenvalue weighted by molar-refractivity contribution is 5.96. The molecule has 1 amide bonds. The van der Waals surface area contributed by atoms with Crippen LogP contribution in [0, 0.1) is 11.3 Å². The molecule has 0 spiro atoms. The van der Waals surface area contributed by atoms with Crippen molar-refractivity contribution >= 4 is 11.9 Å². The van der Waals surface area contributed by atoms with Gasteiger partial charge in [-0.1, -0.05) is 30.3 Å². The molecular weight excluding hydrogens is 304 g/mol. The summed E-state index contributed by atoms with van der Waals surface area (Å²) in [6, 6.07) is 16.9. The fourth-order valence-corrected chi connectivity index (χ4v) is 2.35. The predicted molar refractivity (Wildman–Crippen MR) is 89.4 cm³/mol. The molecule has 2 N–H and O–H groups in total. The molecule has 0 saturated heterocycles. The van der Waals surface area contributed by atoms with Gasteiger partial charge in [0.1, 0.15) is 6.04 Å². The molecule has 0 saturated carbocycles. The number of carbonyl (C=O) groups is 2. The molecule has 0 aliphatic heterocycles. The van der Waals surface area contributed by atoms with Crippen molar-refractivity contribution in [3.8, 4) is 6.07 Å². The average molecular weight is 322 g/mol. The zero-order valence-electron chi connectivity index (χ0n) is 13.1. The van der Waals surface area contributed by atoms with Crippen LogP contribution in [0.5, 0.6) is 0 Å². The standard InChI is InChI=1S/C19H18N2O3/c20-13-15-9-11-16(12-10-15)18(22)21-17(19(23)24)8-4-7-14-5-2-1-3-6-14/h1-3,5-6,9-12,17H,4,7-8H2,(H,21,22)(H,23,24)/t17-/m0/s1. The molecule has 5 nitrogen and oxygen atoms in total. The summed E-state index contributed by atoms with van der Waals surface area (Å²) in [6.07, 6.45) is 1.78. The molecule has 2 aromatic carbocycles. The SMILES string of the molecule is N#Cc1ccc(C(=O)N[C@@H](CCCc2ccccc2)C(=O)O)cc1. The Bertz CT molecular complexity index is 733. The first-order valence-electron chi connectivity index (χ1n) is 7.68. The van der Waals surface area contributed by atoms with Gasteiger partial charge < -0.3 is 10.4 Å². The summed E-state index contributed by atoms with van der Waals surface area (Å²) in [5, 5.41) is 20.6. The van der Waals surface area contributed by atoms with Gasteiger partial charge >= 0.3 is 5.97 Å². The summed E-state index contributed by atoms with van der Waals surface area (Å²) in [7, 11) is 0. The Labute approximate surface area is 140 Å².